The summed E-state index contributed by atoms with van der Waals surface area (Å²) in [5, 5.41) is 2.89. The molecule has 1 atom stereocenters. The maximum atomic E-state index is 10.5. The molecule has 1 aromatic rings. The summed E-state index contributed by atoms with van der Waals surface area (Å²) in [6.45, 7) is 2.17. The average Bonchev–Trinajstić information content (AvgIpc) is 2.28. The number of rotatable bonds is 7. The molecule has 0 heterocycles. The second-order valence-electron chi connectivity index (χ2n) is 3.81. The van der Waals surface area contributed by atoms with E-state index in [1.807, 2.05) is 18.2 Å². The number of amides is 1. The lowest BCUT2D eigenvalue weighted by Crippen LogP contribution is -2.29. The Kier molecular flexibility index (Phi) is 5.52. The van der Waals surface area contributed by atoms with Crippen molar-refractivity contribution in [3.8, 4) is 0 Å². The Morgan fingerprint density at radius 1 is 1.33 bits per heavy atom. The van der Waals surface area contributed by atoms with Crippen LogP contribution in [0.5, 0.6) is 0 Å². The van der Waals surface area contributed by atoms with Crippen molar-refractivity contribution in [2.45, 2.75) is 38.6 Å². The second-order valence-corrected chi connectivity index (χ2v) is 3.81. The van der Waals surface area contributed by atoms with E-state index in [1.54, 1.807) is 0 Å². The first-order valence-electron chi connectivity index (χ1n) is 5.60. The quantitative estimate of drug-likeness (QED) is 0.681. The standard InChI is InChI=1S/C13H19NO/c1-2-3-9-13(14-11-15)10-12-7-5-4-6-8-12/h4-8,11,13H,2-3,9-10H2,1H3,(H,14,15). The minimum atomic E-state index is 0.282. The van der Waals surface area contributed by atoms with E-state index < -0.39 is 0 Å². The Bertz CT molecular complexity index is 271. The minimum absolute atomic E-state index is 0.282. The van der Waals surface area contributed by atoms with Gasteiger partial charge in [0.1, 0.15) is 0 Å². The van der Waals surface area contributed by atoms with Gasteiger partial charge in [0.05, 0.1) is 0 Å². The van der Waals surface area contributed by atoms with Crippen molar-refractivity contribution in [1.82, 2.24) is 5.32 Å². The summed E-state index contributed by atoms with van der Waals surface area (Å²) < 4.78 is 0. The smallest absolute Gasteiger partial charge is 0.207 e. The van der Waals surface area contributed by atoms with Crippen molar-refractivity contribution < 1.29 is 4.79 Å². The summed E-state index contributed by atoms with van der Waals surface area (Å²) in [6.07, 6.45) is 5.14. The lowest BCUT2D eigenvalue weighted by molar-refractivity contribution is -0.110. The maximum Gasteiger partial charge on any atom is 0.207 e. The van der Waals surface area contributed by atoms with Crippen LogP contribution in [-0.2, 0) is 11.2 Å². The highest BCUT2D eigenvalue weighted by Crippen LogP contribution is 2.08. The summed E-state index contributed by atoms with van der Waals surface area (Å²) in [6, 6.07) is 10.6. The van der Waals surface area contributed by atoms with Gasteiger partial charge in [0.2, 0.25) is 6.41 Å². The molecule has 0 aromatic heterocycles. The van der Waals surface area contributed by atoms with Crippen molar-refractivity contribution in [3.63, 3.8) is 0 Å². The van der Waals surface area contributed by atoms with Gasteiger partial charge >= 0.3 is 0 Å². The van der Waals surface area contributed by atoms with Crippen LogP contribution in [0.1, 0.15) is 31.7 Å². The van der Waals surface area contributed by atoms with Crippen LogP contribution in [0.3, 0.4) is 0 Å². The van der Waals surface area contributed by atoms with Crippen LogP contribution in [0.4, 0.5) is 0 Å². The van der Waals surface area contributed by atoms with Gasteiger partial charge in [-0.25, -0.2) is 0 Å². The van der Waals surface area contributed by atoms with Crippen LogP contribution in [0, 0.1) is 0 Å². The Hall–Kier alpha value is -1.31. The number of carbonyl (C=O) groups excluding carboxylic acids is 1. The molecule has 1 N–H and O–H groups in total. The minimum Gasteiger partial charge on any atom is -0.356 e. The van der Waals surface area contributed by atoms with E-state index in [-0.39, 0.29) is 6.04 Å². The van der Waals surface area contributed by atoms with Crippen molar-refractivity contribution >= 4 is 6.41 Å². The molecule has 0 aliphatic rings. The zero-order valence-electron chi connectivity index (χ0n) is 9.28. The molecule has 1 aromatic carbocycles. The lowest BCUT2D eigenvalue weighted by Gasteiger charge is -2.15. The van der Waals surface area contributed by atoms with Crippen LogP contribution in [-0.4, -0.2) is 12.5 Å². The van der Waals surface area contributed by atoms with E-state index in [1.165, 1.54) is 18.4 Å². The largest absolute Gasteiger partial charge is 0.356 e. The normalized spacial score (nSPS) is 12.1. The first-order chi connectivity index (χ1) is 7.36. The summed E-state index contributed by atoms with van der Waals surface area (Å²) in [5.41, 5.74) is 1.29. The zero-order chi connectivity index (χ0) is 10.9. The predicted molar refractivity (Wildman–Crippen MR) is 62.7 cm³/mol. The summed E-state index contributed by atoms with van der Waals surface area (Å²) in [5.74, 6) is 0. The van der Waals surface area contributed by atoms with Crippen LogP contribution in [0.2, 0.25) is 0 Å². The molecule has 2 nitrogen and oxygen atoms in total. The Morgan fingerprint density at radius 3 is 2.67 bits per heavy atom. The highest BCUT2D eigenvalue weighted by Gasteiger charge is 2.07. The third-order valence-corrected chi connectivity index (χ3v) is 2.53. The Morgan fingerprint density at radius 2 is 2.07 bits per heavy atom. The first-order valence-corrected chi connectivity index (χ1v) is 5.60. The molecule has 1 rings (SSSR count). The molecule has 0 fully saturated rings. The molecule has 0 aliphatic heterocycles. The highest BCUT2D eigenvalue weighted by atomic mass is 16.1. The van der Waals surface area contributed by atoms with E-state index >= 15 is 0 Å². The fourth-order valence-electron chi connectivity index (χ4n) is 1.69. The van der Waals surface area contributed by atoms with E-state index in [9.17, 15) is 4.79 Å². The molecule has 0 saturated heterocycles. The van der Waals surface area contributed by atoms with Crippen LogP contribution >= 0.6 is 0 Å². The molecule has 0 spiro atoms. The van der Waals surface area contributed by atoms with Gasteiger partial charge in [-0.3, -0.25) is 4.79 Å². The molecule has 82 valence electrons. The summed E-state index contributed by atoms with van der Waals surface area (Å²) >= 11 is 0. The van der Waals surface area contributed by atoms with Gasteiger partial charge in [-0.05, 0) is 18.4 Å². The molecule has 1 unspecified atom stereocenters. The number of unbranched alkanes of at least 4 members (excludes halogenated alkanes) is 1. The molecule has 2 heteroatoms. The fourth-order valence-corrected chi connectivity index (χ4v) is 1.69. The molecular formula is C13H19NO. The third kappa shape index (κ3) is 4.63. The van der Waals surface area contributed by atoms with E-state index in [0.717, 1.165) is 19.3 Å². The van der Waals surface area contributed by atoms with Gasteiger partial charge in [0.15, 0.2) is 0 Å². The third-order valence-electron chi connectivity index (χ3n) is 2.53. The summed E-state index contributed by atoms with van der Waals surface area (Å²) in [7, 11) is 0. The van der Waals surface area contributed by atoms with Crippen LogP contribution in [0.25, 0.3) is 0 Å². The number of benzene rings is 1. The molecule has 0 bridgehead atoms. The molecule has 0 saturated carbocycles. The highest BCUT2D eigenvalue weighted by molar-refractivity contribution is 5.46. The van der Waals surface area contributed by atoms with Gasteiger partial charge in [0, 0.05) is 6.04 Å². The van der Waals surface area contributed by atoms with Gasteiger partial charge in [-0.1, -0.05) is 50.1 Å². The molecule has 0 aliphatic carbocycles. The molecule has 0 radical (unpaired) electrons. The van der Waals surface area contributed by atoms with Gasteiger partial charge in [0.25, 0.3) is 0 Å². The fraction of sp³-hybridized carbons (Fsp3) is 0.462. The SMILES string of the molecule is CCCCC(Cc1ccccc1)NC=O. The van der Waals surface area contributed by atoms with Crippen LogP contribution < -0.4 is 5.32 Å². The Labute approximate surface area is 91.7 Å². The average molecular weight is 205 g/mol. The lowest BCUT2D eigenvalue weighted by atomic mass is 10.0. The summed E-state index contributed by atoms with van der Waals surface area (Å²) in [4.78, 5) is 10.5. The van der Waals surface area contributed by atoms with E-state index in [4.69, 9.17) is 0 Å². The second kappa shape index (κ2) is 7.04. The zero-order valence-corrected chi connectivity index (χ0v) is 9.28. The van der Waals surface area contributed by atoms with Crippen molar-refractivity contribution in [2.24, 2.45) is 0 Å². The number of hydrogen-bond acceptors (Lipinski definition) is 1. The molecular weight excluding hydrogens is 186 g/mol. The monoisotopic (exact) mass is 205 g/mol. The van der Waals surface area contributed by atoms with Crippen molar-refractivity contribution in [1.29, 1.82) is 0 Å². The number of hydrogen-bond donors (Lipinski definition) is 1. The van der Waals surface area contributed by atoms with Gasteiger partial charge in [-0.15, -0.1) is 0 Å². The maximum absolute atomic E-state index is 10.5. The van der Waals surface area contributed by atoms with E-state index in [2.05, 4.69) is 24.4 Å². The number of nitrogens with one attached hydrogen (secondary N) is 1. The Balaban J connectivity index is 2.46. The first kappa shape index (κ1) is 11.8. The molecule has 1 amide bonds. The number of carbonyl (C=O) groups is 1. The van der Waals surface area contributed by atoms with Gasteiger partial charge < -0.3 is 5.32 Å². The molecule has 15 heavy (non-hydrogen) atoms. The van der Waals surface area contributed by atoms with Crippen LogP contribution in [0.15, 0.2) is 30.3 Å². The van der Waals surface area contributed by atoms with Crippen molar-refractivity contribution in [3.05, 3.63) is 35.9 Å². The topological polar surface area (TPSA) is 29.1 Å². The van der Waals surface area contributed by atoms with Gasteiger partial charge in [-0.2, -0.15) is 0 Å². The predicted octanol–water partition coefficient (Wildman–Crippen LogP) is 2.53. The van der Waals surface area contributed by atoms with E-state index in [0.29, 0.717) is 0 Å². The van der Waals surface area contributed by atoms with Crippen molar-refractivity contribution in [2.75, 3.05) is 0 Å².